The quantitative estimate of drug-likeness (QED) is 0.684. The molecule has 122 valence electrons. The number of piperidine rings is 3. The normalized spacial score (nSPS) is 28.3. The van der Waals surface area contributed by atoms with Crippen LogP contribution in [0.25, 0.3) is 0 Å². The van der Waals surface area contributed by atoms with Crippen LogP contribution in [0.15, 0.2) is 30.3 Å². The average Bonchev–Trinajstić information content (AvgIpc) is 2.61. The molecule has 3 aliphatic heterocycles. The summed E-state index contributed by atoms with van der Waals surface area (Å²) >= 11 is 0. The van der Waals surface area contributed by atoms with Crippen molar-refractivity contribution in [2.75, 3.05) is 19.6 Å². The van der Waals surface area contributed by atoms with Gasteiger partial charge in [-0.3, -0.25) is 4.90 Å². The van der Waals surface area contributed by atoms with E-state index < -0.39 is 11.6 Å². The van der Waals surface area contributed by atoms with Crippen molar-refractivity contribution in [2.45, 2.75) is 37.9 Å². The van der Waals surface area contributed by atoms with Crippen LogP contribution in [0.3, 0.4) is 0 Å². The van der Waals surface area contributed by atoms with Gasteiger partial charge in [0.15, 0.2) is 0 Å². The van der Waals surface area contributed by atoms with Crippen LogP contribution in [0.2, 0.25) is 0 Å². The third-order valence-corrected chi connectivity index (χ3v) is 4.79. The monoisotopic (exact) mass is 313 g/mol. The van der Waals surface area contributed by atoms with Crippen LogP contribution < -0.4 is 0 Å². The lowest BCUT2D eigenvalue weighted by Crippen LogP contribution is -2.53. The Bertz CT molecular complexity index is 610. The molecule has 1 aromatic carbocycles. The predicted octanol–water partition coefficient (Wildman–Crippen LogP) is 1.92. The topological polar surface area (TPSA) is 49.8 Å². The van der Waals surface area contributed by atoms with E-state index in [0.717, 1.165) is 32.5 Å². The summed E-state index contributed by atoms with van der Waals surface area (Å²) in [4.78, 5) is 15.0. The minimum atomic E-state index is -1.89. The highest BCUT2D eigenvalue weighted by Gasteiger charge is 2.43. The number of aliphatic hydroxyl groups is 1. The number of hydrogen-bond donors (Lipinski definition) is 1. The molecule has 4 nitrogen and oxygen atoms in total. The van der Waals surface area contributed by atoms with Crippen LogP contribution in [-0.4, -0.2) is 41.7 Å². The van der Waals surface area contributed by atoms with Gasteiger partial charge in [-0.2, -0.15) is 0 Å². The molecule has 3 aliphatic rings. The van der Waals surface area contributed by atoms with Crippen molar-refractivity contribution >= 4 is 5.97 Å². The van der Waals surface area contributed by atoms with Crippen LogP contribution in [0.5, 0.6) is 0 Å². The number of carbonyl (C=O) groups is 1. The Kier molecular flexibility index (Phi) is 4.70. The Morgan fingerprint density at radius 2 is 2.04 bits per heavy atom. The van der Waals surface area contributed by atoms with Gasteiger partial charge in [0.25, 0.3) is 0 Å². The van der Waals surface area contributed by atoms with Crippen LogP contribution in [0.1, 0.15) is 31.7 Å². The molecule has 23 heavy (non-hydrogen) atoms. The van der Waals surface area contributed by atoms with Gasteiger partial charge in [-0.25, -0.2) is 4.79 Å². The van der Waals surface area contributed by atoms with E-state index in [1.165, 1.54) is 0 Å². The van der Waals surface area contributed by atoms with Gasteiger partial charge in [-0.15, -0.1) is 0 Å². The summed E-state index contributed by atoms with van der Waals surface area (Å²) in [5.41, 5.74) is -1.42. The van der Waals surface area contributed by atoms with Gasteiger partial charge in [0.2, 0.25) is 5.60 Å². The Morgan fingerprint density at radius 3 is 2.61 bits per heavy atom. The first-order chi connectivity index (χ1) is 11.1. The Balaban J connectivity index is 1.81. The van der Waals surface area contributed by atoms with Crippen LogP contribution in [0.4, 0.5) is 0 Å². The molecule has 0 radical (unpaired) electrons. The molecule has 1 aromatic rings. The second-order valence-corrected chi connectivity index (χ2v) is 6.31. The summed E-state index contributed by atoms with van der Waals surface area (Å²) in [5.74, 6) is 5.30. The zero-order chi connectivity index (χ0) is 16.3. The molecule has 3 saturated heterocycles. The lowest BCUT2D eigenvalue weighted by atomic mass is 9.85. The molecule has 4 rings (SSSR count). The third kappa shape index (κ3) is 3.26. The fourth-order valence-corrected chi connectivity index (χ4v) is 3.40. The molecule has 1 N–H and O–H groups in total. The maximum Gasteiger partial charge on any atom is 0.356 e. The third-order valence-electron chi connectivity index (χ3n) is 4.79. The first-order valence-electron chi connectivity index (χ1n) is 8.35. The number of rotatable bonds is 3. The maximum atomic E-state index is 12.7. The number of fused-ring (bicyclic) bond motifs is 3. The van der Waals surface area contributed by atoms with E-state index in [0.29, 0.717) is 17.9 Å². The van der Waals surface area contributed by atoms with E-state index in [4.69, 9.17) is 4.74 Å². The summed E-state index contributed by atoms with van der Waals surface area (Å²) < 4.78 is 5.71. The highest BCUT2D eigenvalue weighted by atomic mass is 16.6. The standard InChI is InChI=1S/C19H23NO3/c1-2-3-11-19(22,16-7-5-4-6-8-16)18(21)23-17-14-20-12-9-15(17)10-13-20/h4-8,15,17,22H,2,9-10,12-14H2,1H3. The van der Waals surface area contributed by atoms with Crippen LogP contribution >= 0.6 is 0 Å². The van der Waals surface area contributed by atoms with Gasteiger partial charge in [0, 0.05) is 18.5 Å². The molecule has 2 atom stereocenters. The van der Waals surface area contributed by atoms with Crippen molar-refractivity contribution in [3.8, 4) is 11.8 Å². The minimum Gasteiger partial charge on any atom is -0.458 e. The fourth-order valence-electron chi connectivity index (χ4n) is 3.40. The van der Waals surface area contributed by atoms with Crippen LogP contribution in [0, 0.1) is 17.8 Å². The van der Waals surface area contributed by atoms with E-state index in [9.17, 15) is 9.90 Å². The fraction of sp³-hybridized carbons (Fsp3) is 0.526. The van der Waals surface area contributed by atoms with Crippen molar-refractivity contribution < 1.29 is 14.6 Å². The van der Waals surface area contributed by atoms with E-state index in [2.05, 4.69) is 16.7 Å². The second-order valence-electron chi connectivity index (χ2n) is 6.31. The predicted molar refractivity (Wildman–Crippen MR) is 87.4 cm³/mol. The SMILES string of the molecule is CCC#CC(O)(C(=O)OC1CN2CCC1CC2)c1ccccc1. The summed E-state index contributed by atoms with van der Waals surface area (Å²) in [6.07, 6.45) is 2.55. The van der Waals surface area contributed by atoms with Gasteiger partial charge < -0.3 is 9.84 Å². The maximum absolute atomic E-state index is 12.7. The molecule has 0 amide bonds. The summed E-state index contributed by atoms with van der Waals surface area (Å²) in [5, 5.41) is 10.9. The smallest absolute Gasteiger partial charge is 0.356 e. The lowest BCUT2D eigenvalue weighted by molar-refractivity contribution is -0.175. The Morgan fingerprint density at radius 1 is 1.35 bits per heavy atom. The molecule has 0 aromatic heterocycles. The summed E-state index contributed by atoms with van der Waals surface area (Å²) in [6.45, 7) is 4.81. The van der Waals surface area contributed by atoms with Gasteiger partial charge in [-0.05, 0) is 31.8 Å². The molecule has 3 fully saturated rings. The van der Waals surface area contributed by atoms with Crippen molar-refractivity contribution in [1.29, 1.82) is 0 Å². The van der Waals surface area contributed by atoms with Gasteiger partial charge in [0.1, 0.15) is 6.10 Å². The summed E-state index contributed by atoms with van der Waals surface area (Å²) in [7, 11) is 0. The number of hydrogen-bond acceptors (Lipinski definition) is 4. The largest absolute Gasteiger partial charge is 0.458 e. The van der Waals surface area contributed by atoms with Crippen molar-refractivity contribution in [3.05, 3.63) is 35.9 Å². The van der Waals surface area contributed by atoms with E-state index >= 15 is 0 Å². The Labute approximate surface area is 137 Å². The number of benzene rings is 1. The molecular formula is C19H23NO3. The van der Waals surface area contributed by atoms with Gasteiger partial charge in [0.05, 0.1) is 0 Å². The first kappa shape index (κ1) is 16.0. The summed E-state index contributed by atoms with van der Waals surface area (Å²) in [6, 6.07) is 8.84. The molecule has 2 bridgehead atoms. The zero-order valence-corrected chi connectivity index (χ0v) is 13.5. The number of nitrogens with zero attached hydrogens (tertiary/aromatic N) is 1. The average molecular weight is 313 g/mol. The van der Waals surface area contributed by atoms with E-state index in [1.807, 2.05) is 13.0 Å². The van der Waals surface area contributed by atoms with Crippen LogP contribution in [-0.2, 0) is 15.1 Å². The van der Waals surface area contributed by atoms with Gasteiger partial charge >= 0.3 is 5.97 Å². The number of esters is 1. The molecule has 4 heteroatoms. The van der Waals surface area contributed by atoms with Crippen molar-refractivity contribution in [3.63, 3.8) is 0 Å². The number of ether oxygens (including phenoxy) is 1. The molecule has 0 saturated carbocycles. The van der Waals surface area contributed by atoms with Gasteiger partial charge in [-0.1, -0.05) is 49.1 Å². The first-order valence-corrected chi connectivity index (χ1v) is 8.35. The molecule has 0 spiro atoms. The highest BCUT2D eigenvalue weighted by Crippen LogP contribution is 2.31. The zero-order valence-electron chi connectivity index (χ0n) is 13.5. The van der Waals surface area contributed by atoms with Crippen molar-refractivity contribution in [2.24, 2.45) is 5.92 Å². The van der Waals surface area contributed by atoms with E-state index in [-0.39, 0.29) is 6.10 Å². The highest BCUT2D eigenvalue weighted by molar-refractivity contribution is 5.85. The van der Waals surface area contributed by atoms with E-state index in [1.54, 1.807) is 24.3 Å². The minimum absolute atomic E-state index is 0.135. The molecule has 3 heterocycles. The lowest BCUT2D eigenvalue weighted by Gasteiger charge is -2.44. The molecular weight excluding hydrogens is 290 g/mol. The molecule has 0 aliphatic carbocycles. The second kappa shape index (κ2) is 6.74. The Hall–Kier alpha value is -1.83. The number of carbonyl (C=O) groups excluding carboxylic acids is 1. The van der Waals surface area contributed by atoms with Crippen molar-refractivity contribution in [1.82, 2.24) is 4.90 Å². The molecule has 2 unspecified atom stereocenters.